The Morgan fingerprint density at radius 2 is 1.18 bits per heavy atom. The number of hydrogen-bond donors (Lipinski definition) is 0. The first-order valence-electron chi connectivity index (χ1n) is 9.16. The highest BCUT2D eigenvalue weighted by atomic mass is 15.5. The molecule has 0 aliphatic carbocycles. The van der Waals surface area contributed by atoms with Crippen LogP contribution in [0, 0.1) is 6.92 Å². The van der Waals surface area contributed by atoms with E-state index in [0.717, 1.165) is 27.8 Å². The van der Waals surface area contributed by atoms with Crippen LogP contribution in [0.2, 0.25) is 0 Å². The molecule has 2 heterocycles. The molecule has 0 N–H and O–H groups in total. The SMILES string of the molecule is Cc1ccc(N(Cn2nnc3ccccc32)Cn2nnc3ccccc32)cc1. The van der Waals surface area contributed by atoms with Crippen LogP contribution in [0.1, 0.15) is 5.56 Å². The van der Waals surface area contributed by atoms with Gasteiger partial charge in [-0.25, -0.2) is 9.36 Å². The number of aryl methyl sites for hydroxylation is 1. The predicted octanol–water partition coefficient (Wildman–Crippen LogP) is 3.61. The summed E-state index contributed by atoms with van der Waals surface area (Å²) in [5.74, 6) is 0. The Hall–Kier alpha value is -3.74. The van der Waals surface area contributed by atoms with E-state index in [1.165, 1.54) is 5.56 Å². The van der Waals surface area contributed by atoms with Crippen LogP contribution in [0.3, 0.4) is 0 Å². The number of benzene rings is 3. The number of aromatic nitrogens is 6. The van der Waals surface area contributed by atoms with Crippen molar-refractivity contribution in [2.75, 3.05) is 4.90 Å². The smallest absolute Gasteiger partial charge is 0.116 e. The Morgan fingerprint density at radius 1 is 0.679 bits per heavy atom. The zero-order valence-corrected chi connectivity index (χ0v) is 15.5. The van der Waals surface area contributed by atoms with Crippen LogP contribution in [0.4, 0.5) is 5.69 Å². The molecule has 0 unspecified atom stereocenters. The Balaban J connectivity index is 1.54. The van der Waals surface area contributed by atoms with Crippen molar-refractivity contribution in [2.45, 2.75) is 20.3 Å². The molecule has 0 aliphatic heterocycles. The van der Waals surface area contributed by atoms with Crippen LogP contribution in [0.5, 0.6) is 0 Å². The molecule has 138 valence electrons. The molecule has 7 heteroatoms. The van der Waals surface area contributed by atoms with Gasteiger partial charge in [0.15, 0.2) is 0 Å². The Labute approximate surface area is 161 Å². The largest absolute Gasteiger partial charge is 0.332 e. The average molecular weight is 369 g/mol. The second-order valence-corrected chi connectivity index (χ2v) is 6.81. The summed E-state index contributed by atoms with van der Waals surface area (Å²) in [7, 11) is 0. The highest BCUT2D eigenvalue weighted by Crippen LogP contribution is 2.20. The maximum atomic E-state index is 4.35. The maximum absolute atomic E-state index is 4.35. The number of para-hydroxylation sites is 2. The number of fused-ring (bicyclic) bond motifs is 2. The van der Waals surface area contributed by atoms with Gasteiger partial charge in [-0.3, -0.25) is 0 Å². The number of nitrogens with zero attached hydrogens (tertiary/aromatic N) is 7. The molecule has 0 fully saturated rings. The standard InChI is InChI=1S/C21H19N7/c1-16-10-12-17(13-11-16)26(14-27-20-8-4-2-6-18(20)22-24-27)15-28-21-9-5-3-7-19(21)23-25-28/h2-13H,14-15H2,1H3. The van der Waals surface area contributed by atoms with Gasteiger partial charge in [0.25, 0.3) is 0 Å². The maximum Gasteiger partial charge on any atom is 0.116 e. The van der Waals surface area contributed by atoms with Crippen molar-refractivity contribution < 1.29 is 0 Å². The Kier molecular flexibility index (Phi) is 3.97. The summed E-state index contributed by atoms with van der Waals surface area (Å²) in [6.07, 6.45) is 0. The van der Waals surface area contributed by atoms with Gasteiger partial charge in [-0.1, -0.05) is 52.4 Å². The van der Waals surface area contributed by atoms with Gasteiger partial charge in [0.05, 0.1) is 11.0 Å². The number of hydrogen-bond acceptors (Lipinski definition) is 5. The van der Waals surface area contributed by atoms with Crippen LogP contribution in [-0.2, 0) is 13.3 Å². The topological polar surface area (TPSA) is 64.7 Å². The lowest BCUT2D eigenvalue weighted by Crippen LogP contribution is -2.29. The van der Waals surface area contributed by atoms with Gasteiger partial charge in [-0.05, 0) is 43.3 Å². The summed E-state index contributed by atoms with van der Waals surface area (Å²) in [5.41, 5.74) is 6.09. The summed E-state index contributed by atoms with van der Waals surface area (Å²) in [4.78, 5) is 2.21. The lowest BCUT2D eigenvalue weighted by atomic mass is 10.2. The molecule has 0 saturated carbocycles. The molecule has 5 aromatic rings. The molecule has 0 spiro atoms. The van der Waals surface area contributed by atoms with E-state index < -0.39 is 0 Å². The van der Waals surface area contributed by atoms with E-state index in [4.69, 9.17) is 0 Å². The van der Waals surface area contributed by atoms with Gasteiger partial charge in [-0.2, -0.15) is 0 Å². The van der Waals surface area contributed by atoms with Gasteiger partial charge < -0.3 is 4.90 Å². The van der Waals surface area contributed by atoms with Crippen molar-refractivity contribution in [1.29, 1.82) is 0 Å². The zero-order valence-electron chi connectivity index (χ0n) is 15.5. The third kappa shape index (κ3) is 2.96. The Bertz CT molecular complexity index is 1160. The van der Waals surface area contributed by atoms with E-state index in [0.29, 0.717) is 13.3 Å². The highest BCUT2D eigenvalue weighted by molar-refractivity contribution is 5.74. The summed E-state index contributed by atoms with van der Waals surface area (Å²) >= 11 is 0. The summed E-state index contributed by atoms with van der Waals surface area (Å²) in [6.45, 7) is 3.19. The first-order valence-corrected chi connectivity index (χ1v) is 9.16. The van der Waals surface area contributed by atoms with E-state index in [1.54, 1.807) is 0 Å². The minimum absolute atomic E-state index is 0.553. The molecule has 0 atom stereocenters. The van der Waals surface area contributed by atoms with Gasteiger partial charge in [0.2, 0.25) is 0 Å². The second kappa shape index (κ2) is 6.77. The van der Waals surface area contributed by atoms with Crippen LogP contribution in [0.25, 0.3) is 22.1 Å². The Morgan fingerprint density at radius 3 is 1.71 bits per heavy atom. The fourth-order valence-corrected chi connectivity index (χ4v) is 3.33. The zero-order chi connectivity index (χ0) is 18.9. The second-order valence-electron chi connectivity index (χ2n) is 6.81. The molecule has 28 heavy (non-hydrogen) atoms. The number of rotatable bonds is 5. The van der Waals surface area contributed by atoms with Crippen LogP contribution < -0.4 is 4.90 Å². The third-order valence-corrected chi connectivity index (χ3v) is 4.85. The van der Waals surface area contributed by atoms with Crippen molar-refractivity contribution >= 4 is 27.8 Å². The van der Waals surface area contributed by atoms with Gasteiger partial charge in [-0.15, -0.1) is 10.2 Å². The highest BCUT2D eigenvalue weighted by Gasteiger charge is 2.14. The summed E-state index contributed by atoms with van der Waals surface area (Å²) < 4.78 is 3.82. The van der Waals surface area contributed by atoms with Gasteiger partial charge in [0, 0.05) is 5.69 Å². The predicted molar refractivity (Wildman–Crippen MR) is 109 cm³/mol. The quantitative estimate of drug-likeness (QED) is 0.474. The molecule has 3 aromatic carbocycles. The molecule has 7 nitrogen and oxygen atoms in total. The first kappa shape index (κ1) is 16.4. The molecule has 0 radical (unpaired) electrons. The molecule has 0 saturated heterocycles. The molecule has 5 rings (SSSR count). The van der Waals surface area contributed by atoms with Gasteiger partial charge in [0.1, 0.15) is 24.4 Å². The van der Waals surface area contributed by atoms with Crippen LogP contribution in [-0.4, -0.2) is 30.0 Å². The van der Waals surface area contributed by atoms with E-state index in [1.807, 2.05) is 57.9 Å². The van der Waals surface area contributed by atoms with Crippen LogP contribution >= 0.6 is 0 Å². The molecular formula is C21H19N7. The van der Waals surface area contributed by atoms with Gasteiger partial charge >= 0.3 is 0 Å². The van der Waals surface area contributed by atoms with Crippen molar-refractivity contribution in [1.82, 2.24) is 30.0 Å². The monoisotopic (exact) mass is 369 g/mol. The minimum atomic E-state index is 0.553. The van der Waals surface area contributed by atoms with Crippen molar-refractivity contribution in [3.63, 3.8) is 0 Å². The van der Waals surface area contributed by atoms with Crippen molar-refractivity contribution in [3.05, 3.63) is 78.4 Å². The summed E-state index contributed by atoms with van der Waals surface area (Å²) in [6, 6.07) is 24.4. The molecule has 2 aromatic heterocycles. The summed E-state index contributed by atoms with van der Waals surface area (Å²) in [5, 5.41) is 17.3. The fraction of sp³-hybridized carbons (Fsp3) is 0.143. The van der Waals surface area contributed by atoms with Crippen LogP contribution in [0.15, 0.2) is 72.8 Å². The minimum Gasteiger partial charge on any atom is -0.332 e. The van der Waals surface area contributed by atoms with Crippen molar-refractivity contribution in [3.8, 4) is 0 Å². The van der Waals surface area contributed by atoms with E-state index in [-0.39, 0.29) is 0 Å². The van der Waals surface area contributed by atoms with E-state index in [9.17, 15) is 0 Å². The first-order chi connectivity index (χ1) is 13.8. The number of anilines is 1. The average Bonchev–Trinajstić information content (AvgIpc) is 3.33. The molecule has 0 amide bonds. The molecule has 0 bridgehead atoms. The molecular weight excluding hydrogens is 350 g/mol. The third-order valence-electron chi connectivity index (χ3n) is 4.85. The fourth-order valence-electron chi connectivity index (χ4n) is 3.33. The van der Waals surface area contributed by atoms with Crippen molar-refractivity contribution in [2.24, 2.45) is 0 Å². The lowest BCUT2D eigenvalue weighted by molar-refractivity contribution is 0.498. The normalized spacial score (nSPS) is 11.3. The molecule has 0 aliphatic rings. The lowest BCUT2D eigenvalue weighted by Gasteiger charge is -2.25. The van der Waals surface area contributed by atoms with E-state index >= 15 is 0 Å². The van der Waals surface area contributed by atoms with E-state index in [2.05, 4.69) is 56.7 Å².